The number of nitrogen functional groups attached to an aromatic ring is 1. The van der Waals surface area contributed by atoms with Crippen molar-refractivity contribution >= 4 is 17.4 Å². The minimum absolute atomic E-state index is 0.895. The number of thioether (sulfide) groups is 1. The molecular formula is C11H18N2S. The Kier molecular flexibility index (Phi) is 4.84. The number of hydrogen-bond acceptors (Lipinski definition) is 3. The number of rotatable bonds is 5. The van der Waals surface area contributed by atoms with Gasteiger partial charge in [0.2, 0.25) is 0 Å². The quantitative estimate of drug-likeness (QED) is 0.445. The first-order valence-electron chi connectivity index (χ1n) is 4.93. The molecule has 0 aliphatic carbocycles. The van der Waals surface area contributed by atoms with Gasteiger partial charge in [-0.1, -0.05) is 13.0 Å². The van der Waals surface area contributed by atoms with E-state index in [0.29, 0.717) is 0 Å². The van der Waals surface area contributed by atoms with Gasteiger partial charge in [0, 0.05) is 22.9 Å². The van der Waals surface area contributed by atoms with Gasteiger partial charge in [-0.2, -0.15) is 0 Å². The Hall–Kier alpha value is -0.670. The average molecular weight is 210 g/mol. The summed E-state index contributed by atoms with van der Waals surface area (Å²) in [5, 5.41) is 3.29. The van der Waals surface area contributed by atoms with Gasteiger partial charge in [0.15, 0.2) is 0 Å². The van der Waals surface area contributed by atoms with Gasteiger partial charge >= 0.3 is 0 Å². The summed E-state index contributed by atoms with van der Waals surface area (Å²) in [6.07, 6.45) is 0. The van der Waals surface area contributed by atoms with Crippen molar-refractivity contribution in [3.63, 3.8) is 0 Å². The van der Waals surface area contributed by atoms with Crippen LogP contribution in [0.1, 0.15) is 12.5 Å². The van der Waals surface area contributed by atoms with Crippen molar-refractivity contribution in [1.82, 2.24) is 5.32 Å². The van der Waals surface area contributed by atoms with Gasteiger partial charge < -0.3 is 11.1 Å². The van der Waals surface area contributed by atoms with Gasteiger partial charge in [-0.3, -0.25) is 0 Å². The molecule has 0 saturated carbocycles. The maximum Gasteiger partial charge on any atom is 0.0454 e. The molecule has 0 atom stereocenters. The Morgan fingerprint density at radius 1 is 1.43 bits per heavy atom. The minimum Gasteiger partial charge on any atom is -0.398 e. The van der Waals surface area contributed by atoms with E-state index in [1.165, 1.54) is 10.5 Å². The molecule has 0 aromatic heterocycles. The number of aryl methyl sites for hydroxylation is 1. The molecule has 0 spiro atoms. The Labute approximate surface area is 90.3 Å². The molecule has 2 nitrogen and oxygen atoms in total. The monoisotopic (exact) mass is 210 g/mol. The summed E-state index contributed by atoms with van der Waals surface area (Å²) >= 11 is 1.81. The zero-order valence-corrected chi connectivity index (χ0v) is 9.66. The standard InChI is InChI=1S/C11H18N2S/c1-3-13-6-7-14-11-5-4-9(2)8-10(11)12/h4-5,8,13H,3,6-7,12H2,1-2H3. The van der Waals surface area contributed by atoms with Gasteiger partial charge in [-0.05, 0) is 31.2 Å². The second-order valence-electron chi connectivity index (χ2n) is 3.24. The van der Waals surface area contributed by atoms with Crippen LogP contribution in [0.25, 0.3) is 0 Å². The van der Waals surface area contributed by atoms with E-state index < -0.39 is 0 Å². The van der Waals surface area contributed by atoms with Crippen LogP contribution in [-0.2, 0) is 0 Å². The zero-order chi connectivity index (χ0) is 10.4. The highest BCUT2D eigenvalue weighted by Crippen LogP contribution is 2.25. The van der Waals surface area contributed by atoms with Crippen molar-refractivity contribution in [2.45, 2.75) is 18.7 Å². The van der Waals surface area contributed by atoms with Crippen molar-refractivity contribution in [2.75, 3.05) is 24.6 Å². The van der Waals surface area contributed by atoms with Crippen LogP contribution in [0.3, 0.4) is 0 Å². The summed E-state index contributed by atoms with van der Waals surface area (Å²) in [6.45, 7) is 6.24. The molecule has 0 aliphatic rings. The molecule has 78 valence electrons. The fourth-order valence-electron chi connectivity index (χ4n) is 1.21. The van der Waals surface area contributed by atoms with Crippen LogP contribution in [0.15, 0.2) is 23.1 Å². The first-order valence-corrected chi connectivity index (χ1v) is 5.92. The molecule has 0 bridgehead atoms. The van der Waals surface area contributed by atoms with Crippen LogP contribution in [-0.4, -0.2) is 18.8 Å². The highest BCUT2D eigenvalue weighted by Gasteiger charge is 1.98. The molecule has 3 heteroatoms. The molecule has 0 heterocycles. The lowest BCUT2D eigenvalue weighted by atomic mass is 10.2. The number of benzene rings is 1. The van der Waals surface area contributed by atoms with Crippen molar-refractivity contribution in [3.8, 4) is 0 Å². The first-order chi connectivity index (χ1) is 6.74. The summed E-state index contributed by atoms with van der Waals surface area (Å²) in [4.78, 5) is 1.19. The zero-order valence-electron chi connectivity index (χ0n) is 8.84. The van der Waals surface area contributed by atoms with E-state index in [-0.39, 0.29) is 0 Å². The van der Waals surface area contributed by atoms with Gasteiger partial charge in [-0.15, -0.1) is 11.8 Å². The van der Waals surface area contributed by atoms with E-state index in [9.17, 15) is 0 Å². The maximum absolute atomic E-state index is 5.89. The van der Waals surface area contributed by atoms with Crippen LogP contribution in [0.2, 0.25) is 0 Å². The summed E-state index contributed by atoms with van der Waals surface area (Å²) in [6, 6.07) is 6.23. The molecule has 0 aliphatic heterocycles. The Morgan fingerprint density at radius 2 is 2.21 bits per heavy atom. The van der Waals surface area contributed by atoms with Crippen LogP contribution >= 0.6 is 11.8 Å². The van der Waals surface area contributed by atoms with E-state index in [0.717, 1.165) is 24.5 Å². The van der Waals surface area contributed by atoms with Gasteiger partial charge in [0.25, 0.3) is 0 Å². The van der Waals surface area contributed by atoms with Gasteiger partial charge in [0.05, 0.1) is 0 Å². The second kappa shape index (κ2) is 5.94. The summed E-state index contributed by atoms with van der Waals surface area (Å²) < 4.78 is 0. The highest BCUT2D eigenvalue weighted by atomic mass is 32.2. The third-order valence-corrected chi connectivity index (χ3v) is 3.04. The number of nitrogens with one attached hydrogen (secondary N) is 1. The molecule has 0 unspecified atom stereocenters. The number of anilines is 1. The van der Waals surface area contributed by atoms with E-state index in [1.807, 2.05) is 17.8 Å². The van der Waals surface area contributed by atoms with Crippen LogP contribution in [0, 0.1) is 6.92 Å². The normalized spacial score (nSPS) is 10.4. The van der Waals surface area contributed by atoms with Crippen molar-refractivity contribution in [2.24, 2.45) is 0 Å². The Bertz CT molecular complexity index is 287. The maximum atomic E-state index is 5.89. The number of hydrogen-bond donors (Lipinski definition) is 2. The lowest BCUT2D eigenvalue weighted by Gasteiger charge is -2.06. The van der Waals surface area contributed by atoms with Crippen molar-refractivity contribution in [3.05, 3.63) is 23.8 Å². The third-order valence-electron chi connectivity index (χ3n) is 1.95. The van der Waals surface area contributed by atoms with Crippen LogP contribution in [0.5, 0.6) is 0 Å². The predicted octanol–water partition coefficient (Wildman–Crippen LogP) is 2.28. The molecule has 0 saturated heterocycles. The van der Waals surface area contributed by atoms with E-state index in [2.05, 4.69) is 31.3 Å². The van der Waals surface area contributed by atoms with E-state index in [1.54, 1.807) is 0 Å². The summed E-state index contributed by atoms with van der Waals surface area (Å²) in [5.74, 6) is 1.07. The van der Waals surface area contributed by atoms with Gasteiger partial charge in [0.1, 0.15) is 0 Å². The molecule has 0 fully saturated rings. The molecular weight excluding hydrogens is 192 g/mol. The molecule has 14 heavy (non-hydrogen) atoms. The molecule has 3 N–H and O–H groups in total. The lowest BCUT2D eigenvalue weighted by Crippen LogP contribution is -2.15. The van der Waals surface area contributed by atoms with Crippen molar-refractivity contribution < 1.29 is 0 Å². The largest absolute Gasteiger partial charge is 0.398 e. The van der Waals surface area contributed by atoms with E-state index in [4.69, 9.17) is 5.73 Å². The summed E-state index contributed by atoms with van der Waals surface area (Å²) in [5.41, 5.74) is 8.01. The van der Waals surface area contributed by atoms with Gasteiger partial charge in [-0.25, -0.2) is 0 Å². The lowest BCUT2D eigenvalue weighted by molar-refractivity contribution is 0.768. The molecule has 1 aromatic carbocycles. The molecule has 0 amide bonds. The molecule has 0 radical (unpaired) electrons. The van der Waals surface area contributed by atoms with Crippen LogP contribution < -0.4 is 11.1 Å². The second-order valence-corrected chi connectivity index (χ2v) is 4.38. The fourth-order valence-corrected chi connectivity index (χ4v) is 2.07. The highest BCUT2D eigenvalue weighted by molar-refractivity contribution is 7.99. The van der Waals surface area contributed by atoms with Crippen LogP contribution in [0.4, 0.5) is 5.69 Å². The predicted molar refractivity (Wildman–Crippen MR) is 64.9 cm³/mol. The minimum atomic E-state index is 0.895. The molecule has 1 rings (SSSR count). The van der Waals surface area contributed by atoms with Crippen molar-refractivity contribution in [1.29, 1.82) is 0 Å². The number of nitrogens with two attached hydrogens (primary N) is 1. The Balaban J connectivity index is 2.42. The summed E-state index contributed by atoms with van der Waals surface area (Å²) in [7, 11) is 0. The molecule has 1 aromatic rings. The topological polar surface area (TPSA) is 38.0 Å². The smallest absolute Gasteiger partial charge is 0.0454 e. The Morgan fingerprint density at radius 3 is 2.86 bits per heavy atom. The average Bonchev–Trinajstić information content (AvgIpc) is 2.15. The fraction of sp³-hybridized carbons (Fsp3) is 0.455. The first kappa shape index (κ1) is 11.4. The third kappa shape index (κ3) is 3.60. The SMILES string of the molecule is CCNCCSc1ccc(C)cc1N. The van der Waals surface area contributed by atoms with E-state index >= 15 is 0 Å².